The van der Waals surface area contributed by atoms with Gasteiger partial charge in [-0.3, -0.25) is 0 Å². The summed E-state index contributed by atoms with van der Waals surface area (Å²) in [7, 11) is 0. The van der Waals surface area contributed by atoms with Crippen molar-refractivity contribution in [3.05, 3.63) is 47.5 Å². The zero-order chi connectivity index (χ0) is 18.6. The van der Waals surface area contributed by atoms with Crippen molar-refractivity contribution in [2.45, 2.75) is 77.2 Å². The van der Waals surface area contributed by atoms with E-state index in [2.05, 4.69) is 50.3 Å². The fourth-order valence-electron chi connectivity index (χ4n) is 8.21. The number of rotatable bonds is 1. The molecule has 4 aliphatic carbocycles. The van der Waals surface area contributed by atoms with Crippen LogP contribution in [0.4, 0.5) is 0 Å². The molecule has 5 rings (SSSR count). The molecule has 0 unspecified atom stereocenters. The van der Waals surface area contributed by atoms with E-state index in [1.54, 1.807) is 5.57 Å². The van der Waals surface area contributed by atoms with Gasteiger partial charge >= 0.3 is 0 Å². The van der Waals surface area contributed by atoms with Crippen LogP contribution in [-0.4, -0.2) is 5.11 Å². The van der Waals surface area contributed by atoms with E-state index in [1.807, 2.05) is 0 Å². The van der Waals surface area contributed by atoms with Gasteiger partial charge in [0.25, 0.3) is 0 Å². The van der Waals surface area contributed by atoms with Gasteiger partial charge in [-0.15, -0.1) is 0 Å². The van der Waals surface area contributed by atoms with Crippen molar-refractivity contribution >= 4 is 0 Å². The average Bonchev–Trinajstić information content (AvgIpc) is 3.04. The lowest BCUT2D eigenvalue weighted by molar-refractivity contribution is -0.100. The summed E-state index contributed by atoms with van der Waals surface area (Å²) in [6.45, 7) is 4.84. The normalized spacial score (nSPS) is 48.0. The highest BCUT2D eigenvalue weighted by Gasteiger charge is 2.56. The lowest BCUT2D eigenvalue weighted by Gasteiger charge is -2.56. The molecule has 0 bridgehead atoms. The van der Waals surface area contributed by atoms with Crippen molar-refractivity contribution < 1.29 is 5.11 Å². The Kier molecular flexibility index (Phi) is 4.31. The van der Waals surface area contributed by atoms with Gasteiger partial charge in [-0.2, -0.15) is 0 Å². The number of hydrogen-bond acceptors (Lipinski definition) is 1. The highest BCUT2D eigenvalue weighted by Crippen LogP contribution is 2.64. The van der Waals surface area contributed by atoms with E-state index in [4.69, 9.17) is 0 Å². The van der Waals surface area contributed by atoms with Crippen LogP contribution in [0, 0.1) is 35.0 Å². The van der Waals surface area contributed by atoms with Gasteiger partial charge in [0.1, 0.15) is 0 Å². The SMILES string of the molecule is CC=C1CC[C@H]2[C@@H]3CC[C@@H]4C[C@@](O)(c5ccccc5)CC[C@@H]4[C@H]3CC[C@]12C. The molecule has 0 saturated heterocycles. The fourth-order valence-corrected chi connectivity index (χ4v) is 8.21. The standard InChI is InChI=1S/C26H36O/c1-3-19-10-12-24-23-11-9-18-17-26(27,20-7-5-4-6-8-20)16-14-21(18)22(23)13-15-25(19,24)2/h3-8,18,21-24,27H,9-17H2,1-2H3/t18-,21+,22-,23-,24+,25-,26-/m1/s1. The maximum Gasteiger partial charge on any atom is 0.0899 e. The summed E-state index contributed by atoms with van der Waals surface area (Å²) in [6, 6.07) is 10.5. The molecule has 1 N–H and O–H groups in total. The van der Waals surface area contributed by atoms with E-state index in [-0.39, 0.29) is 0 Å². The molecule has 4 fully saturated rings. The van der Waals surface area contributed by atoms with Gasteiger partial charge in [0, 0.05) is 0 Å². The Labute approximate surface area is 165 Å². The molecular formula is C26H36O. The first kappa shape index (κ1) is 18.0. The van der Waals surface area contributed by atoms with E-state index in [9.17, 15) is 5.11 Å². The summed E-state index contributed by atoms with van der Waals surface area (Å²) in [5.41, 5.74) is 2.83. The Bertz CT molecular complexity index is 721. The van der Waals surface area contributed by atoms with Crippen LogP contribution in [0.15, 0.2) is 42.0 Å². The highest BCUT2D eigenvalue weighted by atomic mass is 16.3. The first-order valence-electron chi connectivity index (χ1n) is 11.5. The van der Waals surface area contributed by atoms with Crippen LogP contribution in [0.1, 0.15) is 77.2 Å². The van der Waals surface area contributed by atoms with Crippen molar-refractivity contribution in [3.63, 3.8) is 0 Å². The van der Waals surface area contributed by atoms with Crippen molar-refractivity contribution in [1.82, 2.24) is 0 Å². The number of aliphatic hydroxyl groups is 1. The molecule has 0 aliphatic heterocycles. The second kappa shape index (κ2) is 6.48. The monoisotopic (exact) mass is 364 g/mol. The van der Waals surface area contributed by atoms with Crippen LogP contribution in [0.5, 0.6) is 0 Å². The third-order valence-corrected chi connectivity index (χ3v) is 9.52. The van der Waals surface area contributed by atoms with Crippen molar-refractivity contribution in [2.75, 3.05) is 0 Å². The predicted molar refractivity (Wildman–Crippen MR) is 111 cm³/mol. The molecule has 1 aromatic rings. The van der Waals surface area contributed by atoms with E-state index in [0.717, 1.165) is 48.0 Å². The Balaban J connectivity index is 1.36. The summed E-state index contributed by atoms with van der Waals surface area (Å²) in [5.74, 6) is 4.41. The third-order valence-electron chi connectivity index (χ3n) is 9.52. The largest absolute Gasteiger partial charge is 0.385 e. The first-order valence-corrected chi connectivity index (χ1v) is 11.5. The molecule has 4 saturated carbocycles. The summed E-state index contributed by atoms with van der Waals surface area (Å²) in [4.78, 5) is 0. The number of fused-ring (bicyclic) bond motifs is 5. The van der Waals surface area contributed by atoms with Crippen molar-refractivity contribution in [1.29, 1.82) is 0 Å². The maximum absolute atomic E-state index is 11.4. The molecule has 4 aliphatic rings. The van der Waals surface area contributed by atoms with Crippen LogP contribution >= 0.6 is 0 Å². The lowest BCUT2D eigenvalue weighted by Crippen LogP contribution is -2.49. The molecule has 146 valence electrons. The van der Waals surface area contributed by atoms with E-state index in [0.29, 0.717) is 5.41 Å². The molecule has 1 heteroatoms. The number of benzene rings is 1. The van der Waals surface area contributed by atoms with E-state index < -0.39 is 5.60 Å². The molecule has 27 heavy (non-hydrogen) atoms. The predicted octanol–water partition coefficient (Wildman–Crippen LogP) is 6.47. The molecule has 0 radical (unpaired) electrons. The molecule has 7 atom stereocenters. The molecule has 1 aromatic carbocycles. The molecule has 0 amide bonds. The third kappa shape index (κ3) is 2.68. The van der Waals surface area contributed by atoms with E-state index >= 15 is 0 Å². The van der Waals surface area contributed by atoms with Gasteiger partial charge in [0.05, 0.1) is 5.60 Å². The average molecular weight is 365 g/mol. The minimum absolute atomic E-state index is 0.502. The summed E-state index contributed by atoms with van der Waals surface area (Å²) < 4.78 is 0. The molecule has 0 spiro atoms. The second-order valence-corrected chi connectivity index (χ2v) is 10.4. The van der Waals surface area contributed by atoms with Gasteiger partial charge in [0.2, 0.25) is 0 Å². The van der Waals surface area contributed by atoms with E-state index in [1.165, 1.54) is 44.9 Å². The lowest BCUT2D eigenvalue weighted by atomic mass is 9.49. The smallest absolute Gasteiger partial charge is 0.0899 e. The van der Waals surface area contributed by atoms with Crippen LogP contribution in [-0.2, 0) is 5.60 Å². The Morgan fingerprint density at radius 3 is 2.48 bits per heavy atom. The molecular weight excluding hydrogens is 328 g/mol. The van der Waals surface area contributed by atoms with Gasteiger partial charge in [-0.05, 0) is 105 Å². The Morgan fingerprint density at radius 1 is 0.926 bits per heavy atom. The molecule has 0 aromatic heterocycles. The maximum atomic E-state index is 11.4. The van der Waals surface area contributed by atoms with Gasteiger partial charge in [-0.1, -0.05) is 48.9 Å². The quantitative estimate of drug-likeness (QED) is 0.566. The summed E-state index contributed by atoms with van der Waals surface area (Å²) >= 11 is 0. The molecule has 0 heterocycles. The first-order chi connectivity index (χ1) is 13.0. The number of hydrogen-bond donors (Lipinski definition) is 1. The van der Waals surface area contributed by atoms with Gasteiger partial charge in [-0.25, -0.2) is 0 Å². The Hall–Kier alpha value is -1.08. The number of allylic oxidation sites excluding steroid dienone is 2. The van der Waals surface area contributed by atoms with Crippen LogP contribution in [0.25, 0.3) is 0 Å². The van der Waals surface area contributed by atoms with Crippen molar-refractivity contribution in [2.24, 2.45) is 35.0 Å². The topological polar surface area (TPSA) is 20.2 Å². The molecule has 1 nitrogen and oxygen atoms in total. The van der Waals surface area contributed by atoms with Gasteiger partial charge < -0.3 is 5.11 Å². The zero-order valence-electron chi connectivity index (χ0n) is 17.2. The minimum atomic E-state index is -0.579. The van der Waals surface area contributed by atoms with Crippen LogP contribution in [0.3, 0.4) is 0 Å². The zero-order valence-corrected chi connectivity index (χ0v) is 17.2. The van der Waals surface area contributed by atoms with Crippen LogP contribution in [0.2, 0.25) is 0 Å². The summed E-state index contributed by atoms with van der Waals surface area (Å²) in [6.07, 6.45) is 14.0. The fraction of sp³-hybridized carbons (Fsp3) is 0.692. The highest BCUT2D eigenvalue weighted by molar-refractivity contribution is 5.25. The Morgan fingerprint density at radius 2 is 1.70 bits per heavy atom. The minimum Gasteiger partial charge on any atom is -0.385 e. The van der Waals surface area contributed by atoms with Crippen LogP contribution < -0.4 is 0 Å². The van der Waals surface area contributed by atoms with Gasteiger partial charge in [0.15, 0.2) is 0 Å². The second-order valence-electron chi connectivity index (χ2n) is 10.4. The summed E-state index contributed by atoms with van der Waals surface area (Å²) in [5, 5.41) is 11.4. The van der Waals surface area contributed by atoms with Crippen molar-refractivity contribution in [3.8, 4) is 0 Å².